The van der Waals surface area contributed by atoms with E-state index in [-0.39, 0.29) is 11.7 Å². The van der Waals surface area contributed by atoms with Crippen molar-refractivity contribution in [1.82, 2.24) is 19.1 Å². The van der Waals surface area contributed by atoms with Crippen LogP contribution in [0, 0.1) is 0 Å². The number of carbonyl (C=O) groups is 1. The maximum atomic E-state index is 13.0. The molecule has 32 heavy (non-hydrogen) atoms. The number of carbonyl (C=O) groups excluding carboxylic acids is 1. The maximum Gasteiger partial charge on any atom is 0.243 e. The van der Waals surface area contributed by atoms with Crippen LogP contribution >= 0.6 is 11.8 Å². The fourth-order valence-corrected chi connectivity index (χ4v) is 7.06. The van der Waals surface area contributed by atoms with E-state index in [0.29, 0.717) is 36.9 Å². The molecular weight excluding hydrogens is 446 g/mol. The smallest absolute Gasteiger partial charge is 0.243 e. The van der Waals surface area contributed by atoms with Gasteiger partial charge in [-0.2, -0.15) is 4.31 Å². The van der Waals surface area contributed by atoms with Crippen molar-refractivity contribution >= 4 is 33.4 Å². The standard InChI is InChI=1S/C22H29N5O3S2/c1-2-26-21(16-6-7-16)23-24-22(26)31-15-20(28)27-13-10-17-14-18(8-9-19(17)27)32(29,30)25-11-4-3-5-12-25/h8-9,14,16H,2-7,10-13,15H2,1H3. The molecule has 5 rings (SSSR count). The average Bonchev–Trinajstić information content (AvgIpc) is 3.43. The molecule has 0 spiro atoms. The molecule has 3 heterocycles. The number of hydrogen-bond acceptors (Lipinski definition) is 6. The van der Waals surface area contributed by atoms with E-state index in [0.717, 1.165) is 48.0 Å². The molecule has 1 saturated heterocycles. The van der Waals surface area contributed by atoms with Crippen LogP contribution in [0.15, 0.2) is 28.3 Å². The molecule has 2 aromatic rings. The highest BCUT2D eigenvalue weighted by atomic mass is 32.2. The van der Waals surface area contributed by atoms with Gasteiger partial charge in [-0.05, 0) is 62.8 Å². The molecule has 1 aromatic carbocycles. The second-order valence-electron chi connectivity index (χ2n) is 8.70. The average molecular weight is 476 g/mol. The summed E-state index contributed by atoms with van der Waals surface area (Å²) < 4.78 is 29.7. The summed E-state index contributed by atoms with van der Waals surface area (Å²) in [6, 6.07) is 5.20. The SMILES string of the molecule is CCn1c(SCC(=O)N2CCc3cc(S(=O)(=O)N4CCCCC4)ccc32)nnc1C1CC1. The number of thioether (sulfide) groups is 1. The number of benzene rings is 1. The van der Waals surface area contributed by atoms with E-state index >= 15 is 0 Å². The first-order valence-corrected chi connectivity index (χ1v) is 13.9. The third-order valence-electron chi connectivity index (χ3n) is 6.53. The Morgan fingerprint density at radius 2 is 1.91 bits per heavy atom. The highest BCUT2D eigenvalue weighted by molar-refractivity contribution is 7.99. The number of hydrogen-bond donors (Lipinski definition) is 0. The van der Waals surface area contributed by atoms with Gasteiger partial charge in [0.25, 0.3) is 0 Å². The van der Waals surface area contributed by atoms with Crippen molar-refractivity contribution in [2.45, 2.75) is 68.0 Å². The minimum Gasteiger partial charge on any atom is -0.311 e. The highest BCUT2D eigenvalue weighted by Crippen LogP contribution is 2.40. The molecule has 172 valence electrons. The second-order valence-corrected chi connectivity index (χ2v) is 11.6. The van der Waals surface area contributed by atoms with Gasteiger partial charge < -0.3 is 9.47 Å². The Hall–Kier alpha value is -1.91. The van der Waals surface area contributed by atoms with E-state index in [1.807, 2.05) is 0 Å². The van der Waals surface area contributed by atoms with Crippen LogP contribution in [-0.4, -0.2) is 58.8 Å². The summed E-state index contributed by atoms with van der Waals surface area (Å²) in [6.07, 6.45) is 5.92. The first-order chi connectivity index (χ1) is 15.5. The predicted octanol–water partition coefficient (Wildman–Crippen LogP) is 3.03. The van der Waals surface area contributed by atoms with E-state index < -0.39 is 10.0 Å². The Labute approximate surface area is 193 Å². The Kier molecular flexibility index (Phi) is 6.02. The molecule has 2 fully saturated rings. The topological polar surface area (TPSA) is 88.4 Å². The first-order valence-electron chi connectivity index (χ1n) is 11.5. The zero-order valence-corrected chi connectivity index (χ0v) is 20.0. The lowest BCUT2D eigenvalue weighted by atomic mass is 10.2. The first kappa shape index (κ1) is 21.9. The van der Waals surface area contributed by atoms with Gasteiger partial charge in [-0.15, -0.1) is 10.2 Å². The van der Waals surface area contributed by atoms with Crippen molar-refractivity contribution in [2.75, 3.05) is 30.3 Å². The normalized spacial score (nSPS) is 19.3. The second kappa shape index (κ2) is 8.79. The van der Waals surface area contributed by atoms with Gasteiger partial charge in [-0.1, -0.05) is 18.2 Å². The van der Waals surface area contributed by atoms with E-state index in [9.17, 15) is 13.2 Å². The Balaban J connectivity index is 1.28. The molecule has 3 aliphatic rings. The molecule has 2 aliphatic heterocycles. The van der Waals surface area contributed by atoms with Crippen molar-refractivity contribution in [2.24, 2.45) is 0 Å². The molecule has 1 amide bonds. The summed E-state index contributed by atoms with van der Waals surface area (Å²) in [5.74, 6) is 1.86. The van der Waals surface area contributed by atoms with Gasteiger partial charge in [0, 0.05) is 37.8 Å². The quantitative estimate of drug-likeness (QED) is 0.572. The van der Waals surface area contributed by atoms with Gasteiger partial charge in [0.05, 0.1) is 10.6 Å². The molecule has 0 N–H and O–H groups in total. The molecule has 0 atom stereocenters. The van der Waals surface area contributed by atoms with Crippen LogP contribution in [0.5, 0.6) is 0 Å². The molecule has 1 aromatic heterocycles. The molecule has 1 aliphatic carbocycles. The summed E-state index contributed by atoms with van der Waals surface area (Å²) >= 11 is 1.43. The van der Waals surface area contributed by atoms with Gasteiger partial charge >= 0.3 is 0 Å². The van der Waals surface area contributed by atoms with E-state index in [2.05, 4.69) is 21.7 Å². The lowest BCUT2D eigenvalue weighted by molar-refractivity contribution is -0.116. The van der Waals surface area contributed by atoms with Crippen molar-refractivity contribution in [3.05, 3.63) is 29.6 Å². The number of fused-ring (bicyclic) bond motifs is 1. The molecule has 0 bridgehead atoms. The van der Waals surface area contributed by atoms with E-state index in [1.165, 1.54) is 24.6 Å². The van der Waals surface area contributed by atoms with Crippen LogP contribution in [0.4, 0.5) is 5.69 Å². The molecule has 0 radical (unpaired) electrons. The van der Waals surface area contributed by atoms with Gasteiger partial charge in [-0.25, -0.2) is 8.42 Å². The zero-order chi connectivity index (χ0) is 22.3. The molecule has 1 saturated carbocycles. The summed E-state index contributed by atoms with van der Waals surface area (Å²) in [4.78, 5) is 15.1. The van der Waals surface area contributed by atoms with Crippen molar-refractivity contribution < 1.29 is 13.2 Å². The van der Waals surface area contributed by atoms with Gasteiger partial charge in [-0.3, -0.25) is 4.79 Å². The van der Waals surface area contributed by atoms with Crippen LogP contribution in [0.2, 0.25) is 0 Å². The fraction of sp³-hybridized carbons (Fsp3) is 0.591. The highest BCUT2D eigenvalue weighted by Gasteiger charge is 2.32. The Bertz CT molecular complexity index is 1120. The third-order valence-corrected chi connectivity index (χ3v) is 9.38. The summed E-state index contributed by atoms with van der Waals surface area (Å²) in [5, 5.41) is 9.44. The number of anilines is 1. The number of nitrogens with zero attached hydrogens (tertiary/aromatic N) is 5. The number of rotatable bonds is 7. The van der Waals surface area contributed by atoms with E-state index in [1.54, 1.807) is 27.4 Å². The van der Waals surface area contributed by atoms with Gasteiger partial charge in [0.1, 0.15) is 5.82 Å². The van der Waals surface area contributed by atoms with Crippen molar-refractivity contribution in [1.29, 1.82) is 0 Å². The molecular formula is C22H29N5O3S2. The minimum atomic E-state index is -3.47. The Morgan fingerprint density at radius 3 is 2.62 bits per heavy atom. The lowest BCUT2D eigenvalue weighted by Gasteiger charge is -2.26. The molecule has 0 unspecified atom stereocenters. The summed E-state index contributed by atoms with van der Waals surface area (Å²) in [6.45, 7) is 4.64. The van der Waals surface area contributed by atoms with Gasteiger partial charge in [0.15, 0.2) is 5.16 Å². The minimum absolute atomic E-state index is 0.0130. The number of piperidine rings is 1. The lowest BCUT2D eigenvalue weighted by Crippen LogP contribution is -2.35. The number of aromatic nitrogens is 3. The molecule has 10 heteroatoms. The Morgan fingerprint density at radius 1 is 1.12 bits per heavy atom. The van der Waals surface area contributed by atoms with Crippen LogP contribution in [0.25, 0.3) is 0 Å². The monoisotopic (exact) mass is 475 g/mol. The number of sulfonamides is 1. The predicted molar refractivity (Wildman–Crippen MR) is 124 cm³/mol. The number of amides is 1. The van der Waals surface area contributed by atoms with E-state index in [4.69, 9.17) is 0 Å². The maximum absolute atomic E-state index is 13.0. The van der Waals surface area contributed by atoms with Crippen LogP contribution in [0.3, 0.4) is 0 Å². The summed E-state index contributed by atoms with van der Waals surface area (Å²) in [5.41, 5.74) is 1.75. The van der Waals surface area contributed by atoms with Crippen LogP contribution in [-0.2, 0) is 27.8 Å². The summed E-state index contributed by atoms with van der Waals surface area (Å²) in [7, 11) is -3.47. The third kappa shape index (κ3) is 4.08. The molecule has 8 nitrogen and oxygen atoms in total. The van der Waals surface area contributed by atoms with Crippen molar-refractivity contribution in [3.63, 3.8) is 0 Å². The van der Waals surface area contributed by atoms with Crippen LogP contribution in [0.1, 0.15) is 56.3 Å². The zero-order valence-electron chi connectivity index (χ0n) is 18.4. The fourth-order valence-electron chi connectivity index (χ4n) is 4.60. The largest absolute Gasteiger partial charge is 0.311 e. The van der Waals surface area contributed by atoms with Crippen LogP contribution < -0.4 is 4.90 Å². The van der Waals surface area contributed by atoms with Gasteiger partial charge in [0.2, 0.25) is 15.9 Å². The van der Waals surface area contributed by atoms with Crippen molar-refractivity contribution in [3.8, 4) is 0 Å².